The lowest BCUT2D eigenvalue weighted by Crippen LogP contribution is -2.44. The molecule has 1 aliphatic rings. The molecule has 0 bridgehead atoms. The molecule has 0 aromatic carbocycles. The highest BCUT2D eigenvalue weighted by Gasteiger charge is 2.20. The van der Waals surface area contributed by atoms with Crippen LogP contribution < -0.4 is 16.0 Å². The molecule has 0 aliphatic carbocycles. The molecule has 1 aromatic heterocycles. The number of carbonyl (C=O) groups is 1. The second-order valence-corrected chi connectivity index (χ2v) is 4.74. The summed E-state index contributed by atoms with van der Waals surface area (Å²) >= 11 is 0. The highest BCUT2D eigenvalue weighted by atomic mass is 16.1. The number of aromatic nitrogens is 2. The molecule has 0 saturated carbocycles. The molecule has 2 rings (SSSR count). The van der Waals surface area contributed by atoms with Gasteiger partial charge in [0.15, 0.2) is 11.5 Å². The predicted octanol–water partition coefficient (Wildman–Crippen LogP) is 0.328. The zero-order valence-corrected chi connectivity index (χ0v) is 11.4. The number of amides is 1. The van der Waals surface area contributed by atoms with E-state index in [4.69, 9.17) is 5.73 Å². The number of nitrogens with zero attached hydrogens (tertiary/aromatic N) is 3. The van der Waals surface area contributed by atoms with Crippen LogP contribution in [-0.4, -0.2) is 42.1 Å². The Kier molecular flexibility index (Phi) is 4.68. The van der Waals surface area contributed by atoms with E-state index in [0.717, 1.165) is 51.1 Å². The first-order chi connectivity index (χ1) is 9.22. The second kappa shape index (κ2) is 6.47. The van der Waals surface area contributed by atoms with Crippen molar-refractivity contribution in [1.82, 2.24) is 15.3 Å². The van der Waals surface area contributed by atoms with Gasteiger partial charge in [-0.1, -0.05) is 13.3 Å². The van der Waals surface area contributed by atoms with Gasteiger partial charge in [0.05, 0.1) is 5.69 Å². The first kappa shape index (κ1) is 13.7. The number of carbonyl (C=O) groups excluding carboxylic acids is 1. The molecular weight excluding hydrogens is 242 g/mol. The summed E-state index contributed by atoms with van der Waals surface area (Å²) in [6, 6.07) is 0. The lowest BCUT2D eigenvalue weighted by atomic mass is 10.2. The fourth-order valence-electron chi connectivity index (χ4n) is 2.16. The molecule has 1 fully saturated rings. The molecule has 1 amide bonds. The molecule has 0 atom stereocenters. The van der Waals surface area contributed by atoms with E-state index >= 15 is 0 Å². The zero-order chi connectivity index (χ0) is 13.7. The summed E-state index contributed by atoms with van der Waals surface area (Å²) < 4.78 is 0. The van der Waals surface area contributed by atoms with E-state index in [1.54, 1.807) is 6.20 Å². The van der Waals surface area contributed by atoms with Crippen LogP contribution in [0.5, 0.6) is 0 Å². The molecule has 2 heterocycles. The van der Waals surface area contributed by atoms with Crippen molar-refractivity contribution in [2.45, 2.75) is 26.2 Å². The maximum atomic E-state index is 11.5. The maximum Gasteiger partial charge on any atom is 0.271 e. The van der Waals surface area contributed by atoms with Gasteiger partial charge in [-0.25, -0.2) is 9.97 Å². The fraction of sp³-hybridized carbons (Fsp3) is 0.615. The topological polar surface area (TPSA) is 84.1 Å². The summed E-state index contributed by atoms with van der Waals surface area (Å²) in [5, 5.41) is 3.28. The number of rotatable bonds is 5. The van der Waals surface area contributed by atoms with E-state index in [1.165, 1.54) is 0 Å². The van der Waals surface area contributed by atoms with E-state index in [9.17, 15) is 4.79 Å². The van der Waals surface area contributed by atoms with Gasteiger partial charge in [0, 0.05) is 32.4 Å². The molecule has 6 nitrogen and oxygen atoms in total. The van der Waals surface area contributed by atoms with Gasteiger partial charge in [-0.05, 0) is 12.8 Å². The summed E-state index contributed by atoms with van der Waals surface area (Å²) in [4.78, 5) is 22.3. The minimum Gasteiger partial charge on any atom is -0.364 e. The van der Waals surface area contributed by atoms with Crippen molar-refractivity contribution < 1.29 is 4.79 Å². The van der Waals surface area contributed by atoms with Crippen molar-refractivity contribution in [3.8, 4) is 0 Å². The average Bonchev–Trinajstić information content (AvgIpc) is 2.45. The Bertz CT molecular complexity index is 443. The van der Waals surface area contributed by atoms with Crippen LogP contribution in [0.2, 0.25) is 0 Å². The summed E-state index contributed by atoms with van der Waals surface area (Å²) in [7, 11) is 0. The smallest absolute Gasteiger partial charge is 0.271 e. The lowest BCUT2D eigenvalue weighted by Gasteiger charge is -2.29. The normalized spacial score (nSPS) is 15.5. The number of nitrogens with one attached hydrogen (secondary N) is 1. The molecule has 1 aromatic rings. The quantitative estimate of drug-likeness (QED) is 0.799. The standard InChI is InChI=1S/C13H21N5O/c1-2-3-4-10-9-16-11(12(14)19)13(17-10)18-7-5-15-6-8-18/h9,15H,2-8H2,1H3,(H2,14,19). The molecule has 19 heavy (non-hydrogen) atoms. The Hall–Kier alpha value is -1.69. The summed E-state index contributed by atoms with van der Waals surface area (Å²) in [5.41, 5.74) is 6.60. The number of hydrogen-bond acceptors (Lipinski definition) is 5. The van der Waals surface area contributed by atoms with Crippen LogP contribution in [0.1, 0.15) is 35.9 Å². The van der Waals surface area contributed by atoms with Crippen LogP contribution >= 0.6 is 0 Å². The second-order valence-electron chi connectivity index (χ2n) is 4.74. The predicted molar refractivity (Wildman–Crippen MR) is 74.2 cm³/mol. The van der Waals surface area contributed by atoms with Crippen LogP contribution in [-0.2, 0) is 6.42 Å². The highest BCUT2D eigenvalue weighted by Crippen LogP contribution is 2.17. The number of piperazine rings is 1. The van der Waals surface area contributed by atoms with E-state index in [-0.39, 0.29) is 5.69 Å². The molecule has 1 aliphatic heterocycles. The Morgan fingerprint density at radius 2 is 2.21 bits per heavy atom. The third kappa shape index (κ3) is 3.41. The molecule has 0 unspecified atom stereocenters. The largest absolute Gasteiger partial charge is 0.364 e. The minimum absolute atomic E-state index is 0.280. The maximum absolute atomic E-state index is 11.5. The third-order valence-electron chi connectivity index (χ3n) is 3.24. The van der Waals surface area contributed by atoms with Gasteiger partial charge < -0.3 is 16.0 Å². The van der Waals surface area contributed by atoms with Crippen molar-refractivity contribution in [3.05, 3.63) is 17.6 Å². The van der Waals surface area contributed by atoms with Crippen molar-refractivity contribution >= 4 is 11.7 Å². The van der Waals surface area contributed by atoms with Crippen LogP contribution in [0.25, 0.3) is 0 Å². The van der Waals surface area contributed by atoms with E-state index in [0.29, 0.717) is 5.82 Å². The summed E-state index contributed by atoms with van der Waals surface area (Å²) in [5.74, 6) is 0.130. The molecule has 3 N–H and O–H groups in total. The number of anilines is 1. The third-order valence-corrected chi connectivity index (χ3v) is 3.24. The first-order valence-electron chi connectivity index (χ1n) is 6.83. The number of hydrogen-bond donors (Lipinski definition) is 2. The molecule has 6 heteroatoms. The number of primary amides is 1. The van der Waals surface area contributed by atoms with E-state index in [2.05, 4.69) is 27.1 Å². The summed E-state index contributed by atoms with van der Waals surface area (Å²) in [6.07, 6.45) is 4.75. The van der Waals surface area contributed by atoms with Crippen LogP contribution in [0.15, 0.2) is 6.20 Å². The van der Waals surface area contributed by atoms with Crippen LogP contribution in [0.3, 0.4) is 0 Å². The zero-order valence-electron chi connectivity index (χ0n) is 11.4. The Balaban J connectivity index is 2.27. The number of unbranched alkanes of at least 4 members (excludes halogenated alkanes) is 1. The molecule has 0 spiro atoms. The SMILES string of the molecule is CCCCc1cnc(C(N)=O)c(N2CCNCC2)n1. The average molecular weight is 263 g/mol. The van der Waals surface area contributed by atoms with Crippen molar-refractivity contribution in [2.75, 3.05) is 31.1 Å². The first-order valence-corrected chi connectivity index (χ1v) is 6.83. The monoisotopic (exact) mass is 263 g/mol. The van der Waals surface area contributed by atoms with Crippen LogP contribution in [0, 0.1) is 0 Å². The highest BCUT2D eigenvalue weighted by molar-refractivity contribution is 5.95. The Labute approximate surface area is 113 Å². The van der Waals surface area contributed by atoms with Gasteiger partial charge >= 0.3 is 0 Å². The Morgan fingerprint density at radius 3 is 2.84 bits per heavy atom. The van der Waals surface area contributed by atoms with Crippen LogP contribution in [0.4, 0.5) is 5.82 Å². The molecule has 104 valence electrons. The van der Waals surface area contributed by atoms with Gasteiger partial charge in [-0.3, -0.25) is 4.79 Å². The minimum atomic E-state index is -0.511. The van der Waals surface area contributed by atoms with Gasteiger partial charge in [-0.15, -0.1) is 0 Å². The van der Waals surface area contributed by atoms with Crippen molar-refractivity contribution in [3.63, 3.8) is 0 Å². The van der Waals surface area contributed by atoms with Gasteiger partial charge in [-0.2, -0.15) is 0 Å². The fourth-order valence-corrected chi connectivity index (χ4v) is 2.16. The van der Waals surface area contributed by atoms with Crippen molar-refractivity contribution in [2.24, 2.45) is 5.73 Å². The number of aryl methyl sites for hydroxylation is 1. The van der Waals surface area contributed by atoms with Crippen molar-refractivity contribution in [1.29, 1.82) is 0 Å². The van der Waals surface area contributed by atoms with E-state index in [1.807, 2.05) is 0 Å². The van der Waals surface area contributed by atoms with E-state index < -0.39 is 5.91 Å². The Morgan fingerprint density at radius 1 is 1.47 bits per heavy atom. The lowest BCUT2D eigenvalue weighted by molar-refractivity contribution is 0.0995. The van der Waals surface area contributed by atoms with Gasteiger partial charge in [0.1, 0.15) is 0 Å². The molecule has 0 radical (unpaired) electrons. The van der Waals surface area contributed by atoms with Gasteiger partial charge in [0.2, 0.25) is 0 Å². The molecular formula is C13H21N5O. The number of nitrogens with two attached hydrogens (primary N) is 1. The molecule has 1 saturated heterocycles. The van der Waals surface area contributed by atoms with Gasteiger partial charge in [0.25, 0.3) is 5.91 Å². The summed E-state index contributed by atoms with van der Waals surface area (Å²) in [6.45, 7) is 5.57.